The van der Waals surface area contributed by atoms with Crippen molar-refractivity contribution in [1.29, 1.82) is 0 Å². The molecule has 0 radical (unpaired) electrons. The zero-order valence-corrected chi connectivity index (χ0v) is 25.3. The summed E-state index contributed by atoms with van der Waals surface area (Å²) in [6.45, 7) is 15.2. The lowest BCUT2D eigenvalue weighted by Gasteiger charge is -2.35. The summed E-state index contributed by atoms with van der Waals surface area (Å²) in [6.07, 6.45) is 3.27. The minimum absolute atomic E-state index is 0.0862. The van der Waals surface area contributed by atoms with Crippen molar-refractivity contribution in [2.45, 2.75) is 105 Å². The van der Waals surface area contributed by atoms with E-state index >= 15 is 0 Å². The number of alkyl carbamates (subject to hydrolysis) is 1. The lowest BCUT2D eigenvalue weighted by Crippen LogP contribution is -2.54. The maximum absolute atomic E-state index is 14.2. The van der Waals surface area contributed by atoms with Crippen molar-refractivity contribution in [3.8, 4) is 0 Å². The molecule has 0 heterocycles. The number of rotatable bonds is 14. The van der Waals surface area contributed by atoms with Crippen molar-refractivity contribution in [1.82, 2.24) is 15.5 Å². The number of carbonyl (C=O) groups excluding carboxylic acids is 4. The van der Waals surface area contributed by atoms with Gasteiger partial charge in [0.15, 0.2) is 0 Å². The van der Waals surface area contributed by atoms with Crippen LogP contribution in [-0.4, -0.2) is 60.6 Å². The maximum Gasteiger partial charge on any atom is 0.408 e. The molecule has 3 amide bonds. The maximum atomic E-state index is 14.2. The first-order chi connectivity index (χ1) is 18.2. The molecule has 0 spiro atoms. The Morgan fingerprint density at radius 1 is 1.03 bits per heavy atom. The van der Waals surface area contributed by atoms with Crippen LogP contribution in [0.5, 0.6) is 0 Å². The Bertz CT molecular complexity index is 970. The van der Waals surface area contributed by atoms with Crippen LogP contribution in [0.4, 0.5) is 4.79 Å². The second-order valence-corrected chi connectivity index (χ2v) is 11.4. The monoisotopic (exact) mass is 547 g/mol. The van der Waals surface area contributed by atoms with Crippen molar-refractivity contribution in [3.05, 3.63) is 34.9 Å². The van der Waals surface area contributed by atoms with Gasteiger partial charge >= 0.3 is 12.1 Å². The summed E-state index contributed by atoms with van der Waals surface area (Å²) in [5.41, 5.74) is 1.79. The average molecular weight is 548 g/mol. The molecule has 2 N–H and O–H groups in total. The topological polar surface area (TPSA) is 114 Å². The van der Waals surface area contributed by atoms with E-state index in [4.69, 9.17) is 9.47 Å². The Morgan fingerprint density at radius 2 is 1.69 bits per heavy atom. The van der Waals surface area contributed by atoms with Gasteiger partial charge < -0.3 is 25.0 Å². The van der Waals surface area contributed by atoms with Gasteiger partial charge in [0.05, 0.1) is 7.11 Å². The van der Waals surface area contributed by atoms with Crippen LogP contribution in [0.3, 0.4) is 0 Å². The first kappa shape index (κ1) is 33.9. The number of aryl methyl sites for hydroxylation is 1. The Balaban J connectivity index is 3.57. The van der Waals surface area contributed by atoms with Crippen LogP contribution < -0.4 is 10.6 Å². The molecule has 9 nitrogen and oxygen atoms in total. The highest BCUT2D eigenvalue weighted by Crippen LogP contribution is 2.28. The minimum Gasteiger partial charge on any atom is -0.468 e. The Morgan fingerprint density at radius 3 is 2.26 bits per heavy atom. The Labute approximate surface area is 234 Å². The molecule has 0 bridgehead atoms. The number of benzene rings is 1. The molecule has 1 rings (SSSR count). The van der Waals surface area contributed by atoms with Gasteiger partial charge in [0.25, 0.3) is 0 Å². The van der Waals surface area contributed by atoms with E-state index in [1.807, 2.05) is 45.9 Å². The van der Waals surface area contributed by atoms with Gasteiger partial charge in [0.2, 0.25) is 11.8 Å². The van der Waals surface area contributed by atoms with Crippen LogP contribution >= 0.6 is 0 Å². The third-order valence-electron chi connectivity index (χ3n) is 6.37. The van der Waals surface area contributed by atoms with E-state index in [0.717, 1.165) is 30.4 Å². The van der Waals surface area contributed by atoms with Crippen LogP contribution in [0.1, 0.15) is 96.4 Å². The molecule has 0 saturated carbocycles. The average Bonchev–Trinajstić information content (AvgIpc) is 2.84. The number of unbranched alkanes of at least 4 members (excludes halogenated alkanes) is 3. The quantitative estimate of drug-likeness (QED) is 0.251. The standard InChI is InChI=1S/C30H49N3O6/c1-10-11-12-13-17-33(28(36)24(18-20(2)3)32-29(37)39-30(6,7)8)26(27(35)31-19-25(34)38-9)23-16-14-15-21(4)22(23)5/h14-16,20,24,26H,10-13,17-19H2,1-9H3,(H,31,35)(H,32,37). The molecule has 0 aliphatic heterocycles. The van der Waals surface area contributed by atoms with Crippen molar-refractivity contribution in [2.24, 2.45) is 5.92 Å². The number of nitrogens with one attached hydrogen (secondary N) is 2. The molecule has 0 saturated heterocycles. The molecule has 39 heavy (non-hydrogen) atoms. The van der Waals surface area contributed by atoms with E-state index in [1.165, 1.54) is 7.11 Å². The number of amides is 3. The molecule has 9 heteroatoms. The van der Waals surface area contributed by atoms with Crippen LogP contribution in [0, 0.1) is 19.8 Å². The van der Waals surface area contributed by atoms with Gasteiger partial charge in [-0.25, -0.2) is 4.79 Å². The van der Waals surface area contributed by atoms with Crippen LogP contribution in [-0.2, 0) is 23.9 Å². The van der Waals surface area contributed by atoms with Gasteiger partial charge in [-0.15, -0.1) is 0 Å². The predicted molar refractivity (Wildman–Crippen MR) is 152 cm³/mol. The summed E-state index contributed by atoms with van der Waals surface area (Å²) in [7, 11) is 1.25. The summed E-state index contributed by atoms with van der Waals surface area (Å²) in [5.74, 6) is -1.36. The van der Waals surface area contributed by atoms with Crippen LogP contribution in [0.2, 0.25) is 0 Å². The van der Waals surface area contributed by atoms with E-state index in [-0.39, 0.29) is 18.4 Å². The first-order valence-electron chi connectivity index (χ1n) is 13.9. The Kier molecular flexibility index (Phi) is 14.0. The number of esters is 1. The summed E-state index contributed by atoms with van der Waals surface area (Å²) >= 11 is 0. The lowest BCUT2D eigenvalue weighted by atomic mass is 9.94. The fraction of sp³-hybridized carbons (Fsp3) is 0.667. The third-order valence-corrected chi connectivity index (χ3v) is 6.37. The van der Waals surface area contributed by atoms with E-state index in [9.17, 15) is 19.2 Å². The molecule has 0 aliphatic carbocycles. The number of hydrogen-bond donors (Lipinski definition) is 2. The van der Waals surface area contributed by atoms with E-state index in [1.54, 1.807) is 25.7 Å². The second kappa shape index (κ2) is 16.1. The van der Waals surface area contributed by atoms with E-state index in [2.05, 4.69) is 17.6 Å². The number of ether oxygens (including phenoxy) is 2. The molecule has 2 unspecified atom stereocenters. The molecule has 0 fully saturated rings. The number of carbonyl (C=O) groups is 4. The molecular weight excluding hydrogens is 498 g/mol. The van der Waals surface area contributed by atoms with Gasteiger partial charge in [0, 0.05) is 6.54 Å². The van der Waals surface area contributed by atoms with Crippen LogP contribution in [0.25, 0.3) is 0 Å². The van der Waals surface area contributed by atoms with Gasteiger partial charge in [-0.2, -0.15) is 0 Å². The van der Waals surface area contributed by atoms with Gasteiger partial charge in [-0.05, 0) is 70.1 Å². The third kappa shape index (κ3) is 11.7. The molecular formula is C30H49N3O6. The second-order valence-electron chi connectivity index (χ2n) is 11.4. The smallest absolute Gasteiger partial charge is 0.408 e. The van der Waals surface area contributed by atoms with Gasteiger partial charge in [-0.3, -0.25) is 14.4 Å². The zero-order valence-electron chi connectivity index (χ0n) is 25.3. The first-order valence-corrected chi connectivity index (χ1v) is 13.9. The molecule has 1 aromatic carbocycles. The number of methoxy groups -OCH3 is 1. The van der Waals surface area contributed by atoms with Gasteiger partial charge in [0.1, 0.15) is 24.2 Å². The number of nitrogens with zero attached hydrogens (tertiary/aromatic N) is 1. The van der Waals surface area contributed by atoms with Gasteiger partial charge in [-0.1, -0.05) is 58.2 Å². The molecule has 0 aliphatic rings. The summed E-state index contributed by atoms with van der Waals surface area (Å²) in [4.78, 5) is 54.0. The summed E-state index contributed by atoms with van der Waals surface area (Å²) in [6, 6.07) is 3.73. The number of hydrogen-bond acceptors (Lipinski definition) is 6. The molecule has 0 aromatic heterocycles. The summed E-state index contributed by atoms with van der Waals surface area (Å²) < 4.78 is 10.1. The fourth-order valence-corrected chi connectivity index (χ4v) is 4.27. The van der Waals surface area contributed by atoms with Crippen molar-refractivity contribution >= 4 is 23.9 Å². The zero-order chi connectivity index (χ0) is 29.8. The highest BCUT2D eigenvalue weighted by molar-refractivity contribution is 5.93. The minimum atomic E-state index is -1.00. The fourth-order valence-electron chi connectivity index (χ4n) is 4.27. The van der Waals surface area contributed by atoms with Crippen LogP contribution in [0.15, 0.2) is 18.2 Å². The van der Waals surface area contributed by atoms with Crippen molar-refractivity contribution < 1.29 is 28.7 Å². The highest BCUT2D eigenvalue weighted by atomic mass is 16.6. The van der Waals surface area contributed by atoms with Crippen molar-refractivity contribution in [2.75, 3.05) is 20.2 Å². The Hall–Kier alpha value is -3.10. The molecule has 1 aromatic rings. The van der Waals surface area contributed by atoms with E-state index < -0.39 is 35.7 Å². The summed E-state index contributed by atoms with van der Waals surface area (Å²) in [5, 5.41) is 5.41. The van der Waals surface area contributed by atoms with E-state index in [0.29, 0.717) is 24.9 Å². The van der Waals surface area contributed by atoms with Crippen molar-refractivity contribution in [3.63, 3.8) is 0 Å². The lowest BCUT2D eigenvalue weighted by molar-refractivity contribution is -0.145. The predicted octanol–water partition coefficient (Wildman–Crippen LogP) is 4.98. The highest BCUT2D eigenvalue weighted by Gasteiger charge is 2.37. The SMILES string of the molecule is CCCCCCN(C(=O)C(CC(C)C)NC(=O)OC(C)(C)C)C(C(=O)NCC(=O)OC)c1cccc(C)c1C. The molecule has 2 atom stereocenters. The molecule has 220 valence electrons. The normalized spacial score (nSPS) is 12.9. The largest absolute Gasteiger partial charge is 0.468 e.